The quantitative estimate of drug-likeness (QED) is 0.405. The van der Waals surface area contributed by atoms with Crippen LogP contribution in [0.2, 0.25) is 5.02 Å². The lowest BCUT2D eigenvalue weighted by Gasteiger charge is -2.16. The Morgan fingerprint density at radius 1 is 1.00 bits per heavy atom. The van der Waals surface area contributed by atoms with Crippen LogP contribution in [0.4, 0.5) is 24.5 Å². The van der Waals surface area contributed by atoms with Crippen molar-refractivity contribution in [3.05, 3.63) is 95.0 Å². The molecule has 35 heavy (non-hydrogen) atoms. The van der Waals surface area contributed by atoms with Crippen molar-refractivity contribution in [3.63, 3.8) is 0 Å². The maximum Gasteiger partial charge on any atom is 0.416 e. The second kappa shape index (κ2) is 10.5. The third-order valence-corrected chi connectivity index (χ3v) is 6.55. The van der Waals surface area contributed by atoms with Crippen LogP contribution in [0.1, 0.15) is 17.5 Å². The number of anilines is 1. The number of hydrogen-bond donors (Lipinski definition) is 1. The lowest BCUT2D eigenvalue weighted by Crippen LogP contribution is -2.33. The van der Waals surface area contributed by atoms with Gasteiger partial charge in [-0.2, -0.15) is 13.2 Å². The smallest absolute Gasteiger partial charge is 0.326 e. The summed E-state index contributed by atoms with van der Waals surface area (Å²) >= 11 is 6.98. The molecule has 2 amide bonds. The van der Waals surface area contributed by atoms with Gasteiger partial charge in [-0.1, -0.05) is 53.7 Å². The summed E-state index contributed by atoms with van der Waals surface area (Å²) in [4.78, 5) is 31.7. The molecule has 1 fully saturated rings. The number of thioether (sulfide) groups is 1. The van der Waals surface area contributed by atoms with Crippen molar-refractivity contribution in [3.8, 4) is 0 Å². The minimum absolute atomic E-state index is 0.0938. The van der Waals surface area contributed by atoms with Gasteiger partial charge < -0.3 is 5.32 Å². The number of rotatable bonds is 6. The molecule has 5 nitrogen and oxygen atoms in total. The number of amides is 2. The summed E-state index contributed by atoms with van der Waals surface area (Å²) in [6.07, 6.45) is -4.55. The number of benzene rings is 3. The Hall–Kier alpha value is -3.30. The fraction of sp³-hybridized carbons (Fsp3) is 0.160. The van der Waals surface area contributed by atoms with Crippen molar-refractivity contribution in [2.75, 3.05) is 5.32 Å². The van der Waals surface area contributed by atoms with Crippen LogP contribution in [0.5, 0.6) is 0 Å². The first kappa shape index (κ1) is 24.8. The van der Waals surface area contributed by atoms with Gasteiger partial charge in [-0.25, -0.2) is 4.99 Å². The summed E-state index contributed by atoms with van der Waals surface area (Å²) < 4.78 is 38.7. The Kier molecular flexibility index (Phi) is 7.47. The topological polar surface area (TPSA) is 61.8 Å². The van der Waals surface area contributed by atoms with E-state index in [0.717, 1.165) is 29.5 Å². The van der Waals surface area contributed by atoms with Crippen LogP contribution in [-0.4, -0.2) is 27.1 Å². The first-order valence-electron chi connectivity index (χ1n) is 10.5. The average molecular weight is 518 g/mol. The zero-order valence-corrected chi connectivity index (χ0v) is 19.7. The van der Waals surface area contributed by atoms with Crippen molar-refractivity contribution >= 4 is 51.7 Å². The molecule has 1 heterocycles. The number of carbonyl (C=O) groups is 2. The number of nitrogens with zero attached hydrogens (tertiary/aromatic N) is 2. The zero-order valence-electron chi connectivity index (χ0n) is 18.1. The fourth-order valence-electron chi connectivity index (χ4n) is 3.39. The van der Waals surface area contributed by atoms with Gasteiger partial charge in [0, 0.05) is 17.1 Å². The molecular weight excluding hydrogens is 499 g/mol. The summed E-state index contributed by atoms with van der Waals surface area (Å²) in [6.45, 7) is 0.224. The van der Waals surface area contributed by atoms with Gasteiger partial charge in [-0.05, 0) is 54.1 Å². The molecule has 180 valence electrons. The molecule has 0 spiro atoms. The molecule has 1 N–H and O–H groups in total. The lowest BCUT2D eigenvalue weighted by atomic mass is 10.2. The molecule has 1 saturated heterocycles. The van der Waals surface area contributed by atoms with Crippen molar-refractivity contribution in [1.82, 2.24) is 4.90 Å². The van der Waals surface area contributed by atoms with E-state index < -0.39 is 17.0 Å². The van der Waals surface area contributed by atoms with Crippen LogP contribution >= 0.6 is 23.4 Å². The van der Waals surface area contributed by atoms with Gasteiger partial charge in [-0.3, -0.25) is 14.5 Å². The maximum absolute atomic E-state index is 13.2. The van der Waals surface area contributed by atoms with E-state index in [1.165, 1.54) is 17.0 Å². The third kappa shape index (κ3) is 6.43. The first-order chi connectivity index (χ1) is 16.7. The molecule has 1 atom stereocenters. The number of alkyl halides is 3. The number of amidine groups is 1. The van der Waals surface area contributed by atoms with Crippen LogP contribution in [0.25, 0.3) is 0 Å². The van der Waals surface area contributed by atoms with E-state index in [1.807, 2.05) is 30.3 Å². The number of aliphatic imine (C=N–C) groups is 1. The van der Waals surface area contributed by atoms with Crippen LogP contribution in [0, 0.1) is 0 Å². The number of carbonyl (C=O) groups excluding carboxylic acids is 2. The number of hydrogen-bond acceptors (Lipinski definition) is 4. The Morgan fingerprint density at radius 3 is 2.29 bits per heavy atom. The SMILES string of the molecule is O=C(C[C@H]1SC(=Nc2ccc(C(F)(F)F)cc2)N(Cc2ccccc2)C1=O)Nc1ccc(Cl)cc1. The van der Waals surface area contributed by atoms with E-state index in [0.29, 0.717) is 15.9 Å². The standard InChI is InChI=1S/C25H19ClF3N3O2S/c26-18-8-12-19(13-9-18)30-22(33)14-21-23(34)32(15-16-4-2-1-3-5-16)24(35-21)31-20-10-6-17(7-11-20)25(27,28)29/h1-13,21H,14-15H2,(H,30,33)/t21-/m1/s1. The van der Waals surface area contributed by atoms with E-state index in [4.69, 9.17) is 11.6 Å². The highest BCUT2D eigenvalue weighted by molar-refractivity contribution is 8.15. The van der Waals surface area contributed by atoms with Gasteiger partial charge in [0.25, 0.3) is 0 Å². The van der Waals surface area contributed by atoms with Gasteiger partial charge in [0.15, 0.2) is 5.17 Å². The molecule has 10 heteroatoms. The predicted octanol–water partition coefficient (Wildman–Crippen LogP) is 6.52. The second-order valence-corrected chi connectivity index (χ2v) is 9.32. The minimum atomic E-state index is -4.45. The molecule has 0 unspecified atom stereocenters. The summed E-state index contributed by atoms with van der Waals surface area (Å²) in [6, 6.07) is 20.2. The fourth-order valence-corrected chi connectivity index (χ4v) is 4.67. The predicted molar refractivity (Wildman–Crippen MR) is 132 cm³/mol. The van der Waals surface area contributed by atoms with Crippen molar-refractivity contribution in [2.45, 2.75) is 24.4 Å². The van der Waals surface area contributed by atoms with Crippen molar-refractivity contribution in [1.29, 1.82) is 0 Å². The monoisotopic (exact) mass is 517 g/mol. The van der Waals surface area contributed by atoms with E-state index in [1.54, 1.807) is 24.3 Å². The molecular formula is C25H19ClF3N3O2S. The molecule has 3 aromatic rings. The molecule has 0 aromatic heterocycles. The highest BCUT2D eigenvalue weighted by Crippen LogP contribution is 2.34. The summed E-state index contributed by atoms with van der Waals surface area (Å²) in [5.41, 5.74) is 0.898. The molecule has 0 saturated carbocycles. The summed E-state index contributed by atoms with van der Waals surface area (Å²) in [7, 11) is 0. The molecule has 3 aromatic carbocycles. The van der Waals surface area contributed by atoms with E-state index >= 15 is 0 Å². The number of nitrogens with one attached hydrogen (secondary N) is 1. The maximum atomic E-state index is 13.2. The Labute approximate surface area is 209 Å². The highest BCUT2D eigenvalue weighted by Gasteiger charge is 2.39. The van der Waals surface area contributed by atoms with E-state index in [-0.39, 0.29) is 30.5 Å². The van der Waals surface area contributed by atoms with E-state index in [2.05, 4.69) is 10.3 Å². The van der Waals surface area contributed by atoms with E-state index in [9.17, 15) is 22.8 Å². The van der Waals surface area contributed by atoms with Crippen molar-refractivity contribution < 1.29 is 22.8 Å². The van der Waals surface area contributed by atoms with Crippen LogP contribution in [-0.2, 0) is 22.3 Å². The Morgan fingerprint density at radius 2 is 1.66 bits per heavy atom. The second-order valence-electron chi connectivity index (χ2n) is 7.71. The molecule has 1 aliphatic rings. The normalized spacial score (nSPS) is 17.1. The van der Waals surface area contributed by atoms with Gasteiger partial charge >= 0.3 is 6.18 Å². The molecule has 4 rings (SSSR count). The first-order valence-corrected chi connectivity index (χ1v) is 11.8. The summed E-state index contributed by atoms with van der Waals surface area (Å²) in [5.74, 6) is -0.649. The molecule has 0 aliphatic carbocycles. The zero-order chi connectivity index (χ0) is 25.0. The van der Waals surface area contributed by atoms with Crippen molar-refractivity contribution in [2.24, 2.45) is 4.99 Å². The third-order valence-electron chi connectivity index (χ3n) is 5.12. The van der Waals surface area contributed by atoms with Crippen LogP contribution in [0.3, 0.4) is 0 Å². The molecule has 1 aliphatic heterocycles. The molecule has 0 radical (unpaired) electrons. The lowest BCUT2D eigenvalue weighted by molar-refractivity contribution is -0.137. The van der Waals surface area contributed by atoms with Gasteiger partial charge in [0.05, 0.1) is 17.8 Å². The van der Waals surface area contributed by atoms with Gasteiger partial charge in [0.1, 0.15) is 5.25 Å². The molecule has 0 bridgehead atoms. The minimum Gasteiger partial charge on any atom is -0.326 e. The summed E-state index contributed by atoms with van der Waals surface area (Å²) in [5, 5.41) is 2.87. The highest BCUT2D eigenvalue weighted by atomic mass is 35.5. The number of halogens is 4. The largest absolute Gasteiger partial charge is 0.416 e. The Balaban J connectivity index is 1.54. The average Bonchev–Trinajstić information content (AvgIpc) is 3.09. The Bertz CT molecular complexity index is 1230. The van der Waals surface area contributed by atoms with Crippen LogP contribution in [0.15, 0.2) is 83.9 Å². The van der Waals surface area contributed by atoms with Crippen LogP contribution < -0.4 is 5.32 Å². The van der Waals surface area contributed by atoms with Gasteiger partial charge in [-0.15, -0.1) is 0 Å². The van der Waals surface area contributed by atoms with Gasteiger partial charge in [0.2, 0.25) is 11.8 Å².